The van der Waals surface area contributed by atoms with Gasteiger partial charge in [-0.1, -0.05) is 31.9 Å². The van der Waals surface area contributed by atoms with Crippen LogP contribution in [0.15, 0.2) is 11.1 Å². The molecule has 2 aliphatic rings. The summed E-state index contributed by atoms with van der Waals surface area (Å²) in [5.41, 5.74) is 3.14. The zero-order valence-electron chi connectivity index (χ0n) is 12.0. The molecule has 1 nitrogen and oxygen atoms in total. The Morgan fingerprint density at radius 3 is 2.47 bits per heavy atom. The lowest BCUT2D eigenvalue weighted by Gasteiger charge is -2.50. The van der Waals surface area contributed by atoms with Crippen LogP contribution in [0.25, 0.3) is 0 Å². The molecule has 0 aromatic carbocycles. The first-order valence-corrected chi connectivity index (χ1v) is 7.04. The molecule has 0 aromatic heterocycles. The maximum Gasteiger partial charge on any atom is 0.140 e. The second-order valence-electron chi connectivity index (χ2n) is 6.91. The largest absolute Gasteiger partial charge is 0.299 e. The number of rotatable bonds is 1. The summed E-state index contributed by atoms with van der Waals surface area (Å²) in [5, 5.41) is 0. The molecule has 0 radical (unpaired) electrons. The molecule has 0 fully saturated rings. The predicted octanol–water partition coefficient (Wildman–Crippen LogP) is 4.52. The molecule has 0 unspecified atom stereocenters. The topological polar surface area (TPSA) is 17.1 Å². The fourth-order valence-electron chi connectivity index (χ4n) is 4.24. The fraction of sp³-hybridized carbons (Fsp3) is 0.812. The Hall–Kier alpha value is -0.590. The molecule has 0 N–H and O–H groups in total. The van der Waals surface area contributed by atoms with Gasteiger partial charge in [-0.05, 0) is 57.3 Å². The standard InChI is InChI=1S/C16H26O/c1-11-8-9-13-7-6-10-15(3,4)14(13)16(11,5)12(2)17/h11H,6-10H2,1-5H3/t11-,16-/m0/s1. The minimum atomic E-state index is -0.197. The number of allylic oxidation sites excluding steroid dienone is 2. The smallest absolute Gasteiger partial charge is 0.140 e. The number of carbonyl (C=O) groups is 1. The van der Waals surface area contributed by atoms with Crippen LogP contribution in [0.1, 0.15) is 66.7 Å². The summed E-state index contributed by atoms with van der Waals surface area (Å²) in [5.74, 6) is 0.864. The molecule has 1 heteroatoms. The molecule has 0 amide bonds. The van der Waals surface area contributed by atoms with E-state index in [0.29, 0.717) is 11.7 Å². The van der Waals surface area contributed by atoms with Crippen molar-refractivity contribution in [3.63, 3.8) is 0 Å². The molecule has 17 heavy (non-hydrogen) atoms. The van der Waals surface area contributed by atoms with Gasteiger partial charge in [0.2, 0.25) is 0 Å². The Morgan fingerprint density at radius 1 is 1.24 bits per heavy atom. The van der Waals surface area contributed by atoms with Gasteiger partial charge in [0.25, 0.3) is 0 Å². The van der Waals surface area contributed by atoms with Gasteiger partial charge >= 0.3 is 0 Å². The van der Waals surface area contributed by atoms with E-state index in [9.17, 15) is 4.79 Å². The van der Waals surface area contributed by atoms with Gasteiger partial charge in [-0.15, -0.1) is 0 Å². The lowest BCUT2D eigenvalue weighted by molar-refractivity contribution is -0.127. The normalized spacial score (nSPS) is 36.6. The summed E-state index contributed by atoms with van der Waals surface area (Å²) < 4.78 is 0. The van der Waals surface area contributed by atoms with E-state index in [4.69, 9.17) is 0 Å². The third-order valence-electron chi connectivity index (χ3n) is 5.43. The SMILES string of the molecule is CC(=O)[C@@]1(C)C2=C(CCCC2(C)C)CC[C@@H]1C. The molecule has 2 atom stereocenters. The zero-order valence-corrected chi connectivity index (χ0v) is 12.0. The van der Waals surface area contributed by atoms with E-state index < -0.39 is 0 Å². The maximum absolute atomic E-state index is 12.2. The van der Waals surface area contributed by atoms with Crippen LogP contribution in [0, 0.1) is 16.7 Å². The van der Waals surface area contributed by atoms with Gasteiger partial charge in [0.05, 0.1) is 5.41 Å². The minimum absolute atomic E-state index is 0.197. The van der Waals surface area contributed by atoms with E-state index in [1.807, 2.05) is 0 Å². The fourth-order valence-corrected chi connectivity index (χ4v) is 4.24. The number of ketones is 1. The lowest BCUT2D eigenvalue weighted by Crippen LogP contribution is -2.44. The molecule has 0 aliphatic heterocycles. The Bertz CT molecular complexity index is 375. The molecule has 0 spiro atoms. The number of hydrogen-bond donors (Lipinski definition) is 0. The molecule has 0 saturated heterocycles. The first kappa shape index (κ1) is 12.9. The molecule has 2 aliphatic carbocycles. The summed E-state index contributed by atoms with van der Waals surface area (Å²) >= 11 is 0. The minimum Gasteiger partial charge on any atom is -0.299 e. The van der Waals surface area contributed by atoms with E-state index in [-0.39, 0.29) is 10.8 Å². The summed E-state index contributed by atoms with van der Waals surface area (Å²) in [6.45, 7) is 10.9. The van der Waals surface area contributed by atoms with E-state index in [1.165, 1.54) is 37.7 Å². The predicted molar refractivity (Wildman–Crippen MR) is 71.8 cm³/mol. The summed E-state index contributed by atoms with van der Waals surface area (Å²) in [7, 11) is 0. The van der Waals surface area contributed by atoms with Crippen molar-refractivity contribution in [2.45, 2.75) is 66.7 Å². The first-order chi connectivity index (χ1) is 7.80. The number of Topliss-reactive ketones (excluding diaryl/α,β-unsaturated/α-hetero) is 1. The highest BCUT2D eigenvalue weighted by Gasteiger charge is 2.49. The van der Waals surface area contributed by atoms with Crippen molar-refractivity contribution in [1.82, 2.24) is 0 Å². The van der Waals surface area contributed by atoms with Gasteiger partial charge in [0.1, 0.15) is 5.78 Å². The molecule has 0 bridgehead atoms. The van der Waals surface area contributed by atoms with Crippen LogP contribution in [0.4, 0.5) is 0 Å². The van der Waals surface area contributed by atoms with Crippen molar-refractivity contribution < 1.29 is 4.79 Å². The van der Waals surface area contributed by atoms with Gasteiger partial charge in [-0.25, -0.2) is 0 Å². The zero-order chi connectivity index (χ0) is 12.8. The van der Waals surface area contributed by atoms with E-state index in [1.54, 1.807) is 12.5 Å². The molecular weight excluding hydrogens is 208 g/mol. The third kappa shape index (κ3) is 1.78. The maximum atomic E-state index is 12.2. The van der Waals surface area contributed by atoms with Gasteiger partial charge in [-0.2, -0.15) is 0 Å². The van der Waals surface area contributed by atoms with Gasteiger partial charge in [-0.3, -0.25) is 4.79 Å². The van der Waals surface area contributed by atoms with Crippen molar-refractivity contribution in [2.24, 2.45) is 16.7 Å². The third-order valence-corrected chi connectivity index (χ3v) is 5.43. The van der Waals surface area contributed by atoms with Crippen LogP contribution in [0.2, 0.25) is 0 Å². The van der Waals surface area contributed by atoms with Gasteiger partial charge in [0, 0.05) is 0 Å². The average molecular weight is 234 g/mol. The van der Waals surface area contributed by atoms with Crippen molar-refractivity contribution >= 4 is 5.78 Å². The van der Waals surface area contributed by atoms with Crippen LogP contribution < -0.4 is 0 Å². The molecule has 0 saturated carbocycles. The summed E-state index contributed by atoms with van der Waals surface area (Å²) in [6, 6.07) is 0. The van der Waals surface area contributed by atoms with E-state index >= 15 is 0 Å². The molecular formula is C16H26O. The van der Waals surface area contributed by atoms with Gasteiger partial charge < -0.3 is 0 Å². The Kier molecular flexibility index (Phi) is 3.00. The van der Waals surface area contributed by atoms with E-state index in [0.717, 1.165) is 0 Å². The molecule has 0 aromatic rings. The van der Waals surface area contributed by atoms with Crippen LogP contribution in [0.3, 0.4) is 0 Å². The van der Waals surface area contributed by atoms with Crippen molar-refractivity contribution in [3.05, 3.63) is 11.1 Å². The highest BCUT2D eigenvalue weighted by Crippen LogP contribution is 2.56. The van der Waals surface area contributed by atoms with E-state index in [2.05, 4.69) is 27.7 Å². The van der Waals surface area contributed by atoms with Crippen molar-refractivity contribution in [2.75, 3.05) is 0 Å². The van der Waals surface area contributed by atoms with Crippen LogP contribution in [-0.2, 0) is 4.79 Å². The highest BCUT2D eigenvalue weighted by atomic mass is 16.1. The van der Waals surface area contributed by atoms with Crippen LogP contribution in [-0.4, -0.2) is 5.78 Å². The van der Waals surface area contributed by atoms with Crippen molar-refractivity contribution in [3.8, 4) is 0 Å². The van der Waals surface area contributed by atoms with Gasteiger partial charge in [0.15, 0.2) is 0 Å². The monoisotopic (exact) mass is 234 g/mol. The quantitative estimate of drug-likeness (QED) is 0.610. The number of carbonyl (C=O) groups excluding carboxylic acids is 1. The highest BCUT2D eigenvalue weighted by molar-refractivity contribution is 5.86. The Morgan fingerprint density at radius 2 is 1.88 bits per heavy atom. The second kappa shape index (κ2) is 3.96. The Balaban J connectivity index is 2.59. The lowest BCUT2D eigenvalue weighted by atomic mass is 9.53. The number of hydrogen-bond acceptors (Lipinski definition) is 1. The molecule has 2 rings (SSSR count). The second-order valence-corrected chi connectivity index (χ2v) is 6.91. The summed E-state index contributed by atoms with van der Waals surface area (Å²) in [6.07, 6.45) is 6.18. The molecule has 0 heterocycles. The van der Waals surface area contributed by atoms with Crippen LogP contribution >= 0.6 is 0 Å². The first-order valence-electron chi connectivity index (χ1n) is 7.04. The molecule has 96 valence electrons. The Labute approximate surface area is 106 Å². The average Bonchev–Trinajstić information content (AvgIpc) is 2.22. The van der Waals surface area contributed by atoms with Crippen LogP contribution in [0.5, 0.6) is 0 Å². The summed E-state index contributed by atoms with van der Waals surface area (Å²) in [4.78, 5) is 12.2. The van der Waals surface area contributed by atoms with Crippen molar-refractivity contribution in [1.29, 1.82) is 0 Å².